The summed E-state index contributed by atoms with van der Waals surface area (Å²) in [6, 6.07) is 4.86. The minimum absolute atomic E-state index is 0.204. The molecule has 0 spiro atoms. The molecule has 6 nitrogen and oxygen atoms in total. The van der Waals surface area contributed by atoms with Gasteiger partial charge in [0.25, 0.3) is 0 Å². The standard InChI is InChI=1S/C16H17ClN2O4/c1-21-16(20)12-8-11(17)2-3-13(12)23-14(10-4-5-18-9-10)15-19-6-7-22-15/h2-3,6-8,10,14,18H,4-5,9H2,1H3/t10-,14?/m0/s1. The number of hydrogen-bond donors (Lipinski definition) is 1. The number of aromatic nitrogens is 1. The molecule has 0 amide bonds. The van der Waals surface area contributed by atoms with Gasteiger partial charge in [0.15, 0.2) is 6.10 Å². The number of nitrogens with zero attached hydrogens (tertiary/aromatic N) is 1. The van der Waals surface area contributed by atoms with Gasteiger partial charge < -0.3 is 19.2 Å². The normalized spacial score (nSPS) is 18.6. The SMILES string of the molecule is COC(=O)c1cc(Cl)ccc1OC(c1ncco1)[C@H]1CCNC1. The minimum Gasteiger partial charge on any atom is -0.479 e. The Labute approximate surface area is 138 Å². The van der Waals surface area contributed by atoms with Crippen molar-refractivity contribution in [3.05, 3.63) is 47.1 Å². The molecule has 0 bridgehead atoms. The maximum absolute atomic E-state index is 12.0. The van der Waals surface area contributed by atoms with Crippen molar-refractivity contribution < 1.29 is 18.7 Å². The van der Waals surface area contributed by atoms with E-state index in [-0.39, 0.29) is 17.6 Å². The molecule has 0 radical (unpaired) electrons. The van der Waals surface area contributed by atoms with Gasteiger partial charge in [-0.1, -0.05) is 11.6 Å². The van der Waals surface area contributed by atoms with Gasteiger partial charge in [-0.15, -0.1) is 0 Å². The lowest BCUT2D eigenvalue weighted by Gasteiger charge is -2.22. The number of oxazole rings is 1. The zero-order valence-electron chi connectivity index (χ0n) is 12.6. The fourth-order valence-corrected chi connectivity index (χ4v) is 2.84. The third-order valence-corrected chi connectivity index (χ3v) is 4.06. The fraction of sp³-hybridized carbons (Fsp3) is 0.375. The number of carbonyl (C=O) groups excluding carboxylic acids is 1. The summed E-state index contributed by atoms with van der Waals surface area (Å²) in [6.45, 7) is 1.71. The molecule has 1 aromatic heterocycles. The molecular formula is C16H17ClN2O4. The Morgan fingerprint density at radius 3 is 3.04 bits per heavy atom. The molecule has 1 N–H and O–H groups in total. The van der Waals surface area contributed by atoms with E-state index < -0.39 is 5.97 Å². The molecule has 1 aliphatic heterocycles. The number of nitrogens with one attached hydrogen (secondary N) is 1. The van der Waals surface area contributed by atoms with E-state index >= 15 is 0 Å². The second-order valence-electron chi connectivity index (χ2n) is 5.29. The van der Waals surface area contributed by atoms with Crippen LogP contribution in [0.5, 0.6) is 5.75 Å². The molecule has 3 rings (SSSR count). The Morgan fingerprint density at radius 2 is 2.39 bits per heavy atom. The minimum atomic E-state index is -0.502. The van der Waals surface area contributed by atoms with Crippen molar-refractivity contribution in [2.45, 2.75) is 12.5 Å². The van der Waals surface area contributed by atoms with E-state index in [0.717, 1.165) is 19.5 Å². The van der Waals surface area contributed by atoms with Crippen molar-refractivity contribution in [2.75, 3.05) is 20.2 Å². The first-order valence-electron chi connectivity index (χ1n) is 7.33. The number of halogens is 1. The number of hydrogen-bond acceptors (Lipinski definition) is 6. The largest absolute Gasteiger partial charge is 0.479 e. The molecule has 1 fully saturated rings. The van der Waals surface area contributed by atoms with Crippen LogP contribution in [-0.4, -0.2) is 31.2 Å². The van der Waals surface area contributed by atoms with Crippen molar-refractivity contribution in [3.63, 3.8) is 0 Å². The fourth-order valence-electron chi connectivity index (χ4n) is 2.67. The average Bonchev–Trinajstić information content (AvgIpc) is 3.26. The lowest BCUT2D eigenvalue weighted by atomic mass is 10.0. The number of ether oxygens (including phenoxy) is 2. The summed E-state index contributed by atoms with van der Waals surface area (Å²) in [5.41, 5.74) is 0.280. The second-order valence-corrected chi connectivity index (χ2v) is 5.73. The van der Waals surface area contributed by atoms with Gasteiger partial charge in [-0.05, 0) is 31.2 Å². The van der Waals surface area contributed by atoms with E-state index in [9.17, 15) is 4.79 Å². The Balaban J connectivity index is 1.92. The van der Waals surface area contributed by atoms with Gasteiger partial charge in [0.05, 0.1) is 13.3 Å². The van der Waals surface area contributed by atoms with Crippen LogP contribution in [0.3, 0.4) is 0 Å². The summed E-state index contributed by atoms with van der Waals surface area (Å²) in [5, 5.41) is 3.73. The van der Waals surface area contributed by atoms with E-state index in [4.69, 9.17) is 25.5 Å². The predicted molar refractivity (Wildman–Crippen MR) is 83.6 cm³/mol. The highest BCUT2D eigenvalue weighted by Gasteiger charge is 2.32. The molecular weight excluding hydrogens is 320 g/mol. The predicted octanol–water partition coefficient (Wildman–Crippen LogP) is 2.84. The topological polar surface area (TPSA) is 73.6 Å². The monoisotopic (exact) mass is 336 g/mol. The van der Waals surface area contributed by atoms with Gasteiger partial charge in [0.2, 0.25) is 5.89 Å². The second kappa shape index (κ2) is 7.02. The lowest BCUT2D eigenvalue weighted by molar-refractivity contribution is 0.0583. The maximum Gasteiger partial charge on any atom is 0.341 e. The quantitative estimate of drug-likeness (QED) is 0.846. The summed E-state index contributed by atoms with van der Waals surface area (Å²) >= 11 is 5.98. The third kappa shape index (κ3) is 3.48. The van der Waals surface area contributed by atoms with Gasteiger partial charge in [0.1, 0.15) is 17.6 Å². The van der Waals surface area contributed by atoms with Gasteiger partial charge in [-0.25, -0.2) is 9.78 Å². The van der Waals surface area contributed by atoms with Crippen LogP contribution in [0.25, 0.3) is 0 Å². The molecule has 2 heterocycles. The Hall–Kier alpha value is -2.05. The molecule has 7 heteroatoms. The molecule has 122 valence electrons. The van der Waals surface area contributed by atoms with Gasteiger partial charge in [0, 0.05) is 17.5 Å². The summed E-state index contributed by atoms with van der Waals surface area (Å²) < 4.78 is 16.3. The van der Waals surface area contributed by atoms with Gasteiger partial charge in [-0.3, -0.25) is 0 Å². The first-order chi connectivity index (χ1) is 11.2. The van der Waals surface area contributed by atoms with Crippen LogP contribution < -0.4 is 10.1 Å². The smallest absolute Gasteiger partial charge is 0.341 e. The van der Waals surface area contributed by atoms with Gasteiger partial charge in [-0.2, -0.15) is 0 Å². The van der Waals surface area contributed by atoms with Crippen LogP contribution in [0.15, 0.2) is 35.1 Å². The molecule has 2 atom stereocenters. The van der Waals surface area contributed by atoms with Crippen LogP contribution in [0.4, 0.5) is 0 Å². The van der Waals surface area contributed by atoms with Crippen LogP contribution in [0.1, 0.15) is 28.8 Å². The van der Waals surface area contributed by atoms with Crippen molar-refractivity contribution in [3.8, 4) is 5.75 Å². The number of methoxy groups -OCH3 is 1. The van der Waals surface area contributed by atoms with Crippen molar-refractivity contribution >= 4 is 17.6 Å². The molecule has 1 aromatic carbocycles. The number of rotatable bonds is 5. The molecule has 2 aromatic rings. The Bertz CT molecular complexity index is 669. The van der Waals surface area contributed by atoms with Crippen molar-refractivity contribution in [1.82, 2.24) is 10.3 Å². The van der Waals surface area contributed by atoms with E-state index in [2.05, 4.69) is 10.3 Å². The van der Waals surface area contributed by atoms with E-state index in [1.807, 2.05) is 0 Å². The first kappa shape index (κ1) is 15.8. The Kier molecular flexibility index (Phi) is 4.83. The Morgan fingerprint density at radius 1 is 1.52 bits per heavy atom. The average molecular weight is 337 g/mol. The highest BCUT2D eigenvalue weighted by Crippen LogP contribution is 2.34. The van der Waals surface area contributed by atoms with Crippen LogP contribution in [-0.2, 0) is 4.74 Å². The number of esters is 1. The molecule has 0 saturated carbocycles. The zero-order chi connectivity index (χ0) is 16.2. The van der Waals surface area contributed by atoms with Crippen LogP contribution in [0.2, 0.25) is 5.02 Å². The van der Waals surface area contributed by atoms with Crippen LogP contribution >= 0.6 is 11.6 Å². The first-order valence-corrected chi connectivity index (χ1v) is 7.71. The van der Waals surface area contributed by atoms with E-state index in [1.54, 1.807) is 18.3 Å². The van der Waals surface area contributed by atoms with Gasteiger partial charge >= 0.3 is 5.97 Å². The third-order valence-electron chi connectivity index (χ3n) is 3.82. The van der Waals surface area contributed by atoms with E-state index in [1.165, 1.54) is 19.4 Å². The molecule has 23 heavy (non-hydrogen) atoms. The van der Waals surface area contributed by atoms with Crippen LogP contribution in [0, 0.1) is 5.92 Å². The summed E-state index contributed by atoms with van der Waals surface area (Å²) in [4.78, 5) is 16.2. The maximum atomic E-state index is 12.0. The molecule has 1 saturated heterocycles. The van der Waals surface area contributed by atoms with Crippen molar-refractivity contribution in [2.24, 2.45) is 5.92 Å². The summed E-state index contributed by atoms with van der Waals surface area (Å²) in [6.07, 6.45) is 3.65. The number of benzene rings is 1. The highest BCUT2D eigenvalue weighted by molar-refractivity contribution is 6.31. The highest BCUT2D eigenvalue weighted by atomic mass is 35.5. The molecule has 1 aliphatic rings. The van der Waals surface area contributed by atoms with Crippen molar-refractivity contribution in [1.29, 1.82) is 0 Å². The van der Waals surface area contributed by atoms with E-state index in [0.29, 0.717) is 16.7 Å². The molecule has 0 aliphatic carbocycles. The summed E-state index contributed by atoms with van der Waals surface area (Å²) in [5.74, 6) is 0.592. The zero-order valence-corrected chi connectivity index (χ0v) is 13.4. The number of carbonyl (C=O) groups is 1. The molecule has 1 unspecified atom stereocenters. The lowest BCUT2D eigenvalue weighted by Crippen LogP contribution is -2.22. The summed E-state index contributed by atoms with van der Waals surface area (Å²) in [7, 11) is 1.32.